The van der Waals surface area contributed by atoms with Crippen molar-refractivity contribution in [3.63, 3.8) is 0 Å². The van der Waals surface area contributed by atoms with E-state index in [2.05, 4.69) is 14.9 Å². The van der Waals surface area contributed by atoms with Crippen molar-refractivity contribution in [2.75, 3.05) is 6.54 Å². The Kier molecular flexibility index (Phi) is 4.87. The molecule has 5 nitrogen and oxygen atoms in total. The van der Waals surface area contributed by atoms with Crippen molar-refractivity contribution >= 4 is 17.4 Å². The quantitative estimate of drug-likeness (QED) is 0.828. The molecule has 0 saturated heterocycles. The fourth-order valence-corrected chi connectivity index (χ4v) is 3.17. The van der Waals surface area contributed by atoms with Crippen molar-refractivity contribution in [2.45, 2.75) is 57.5 Å². The van der Waals surface area contributed by atoms with Gasteiger partial charge < -0.3 is 10.4 Å². The number of carbonyl (C=O) groups excluding carboxylic acids is 1. The van der Waals surface area contributed by atoms with E-state index in [-0.39, 0.29) is 5.91 Å². The maximum Gasteiger partial charge on any atom is 0.265 e. The van der Waals surface area contributed by atoms with Gasteiger partial charge in [0.25, 0.3) is 5.91 Å². The molecule has 1 aromatic rings. The normalized spacial score (nSPS) is 18.8. The topological polar surface area (TPSA) is 75.1 Å². The third-order valence-corrected chi connectivity index (χ3v) is 4.48. The lowest BCUT2D eigenvalue weighted by molar-refractivity contribution is 0.0247. The van der Waals surface area contributed by atoms with E-state index in [1.807, 2.05) is 6.92 Å². The van der Waals surface area contributed by atoms with Crippen molar-refractivity contribution in [3.8, 4) is 0 Å². The molecule has 0 aliphatic heterocycles. The lowest BCUT2D eigenvalue weighted by Gasteiger charge is -2.26. The molecule has 0 aromatic carbocycles. The fourth-order valence-electron chi connectivity index (χ4n) is 2.50. The van der Waals surface area contributed by atoms with E-state index in [9.17, 15) is 9.90 Å². The monoisotopic (exact) mass is 283 g/mol. The Morgan fingerprint density at radius 3 is 2.68 bits per heavy atom. The average Bonchev–Trinajstić information content (AvgIpc) is 2.79. The Morgan fingerprint density at radius 1 is 1.37 bits per heavy atom. The lowest BCUT2D eigenvalue weighted by Crippen LogP contribution is -2.42. The molecule has 1 fully saturated rings. The van der Waals surface area contributed by atoms with Gasteiger partial charge in [-0.15, -0.1) is 5.10 Å². The molecule has 19 heavy (non-hydrogen) atoms. The number of hydrogen-bond acceptors (Lipinski definition) is 5. The highest BCUT2D eigenvalue weighted by atomic mass is 32.1. The smallest absolute Gasteiger partial charge is 0.265 e. The summed E-state index contributed by atoms with van der Waals surface area (Å²) < 4.78 is 3.81. The molecular weight excluding hydrogens is 262 g/mol. The standard InChI is InChI=1S/C13H21N3O2S/c1-2-10-11(19-16-15-10)12(17)14-9-13(18)7-5-3-4-6-8-13/h18H,2-9H2,1H3,(H,14,17). The lowest BCUT2D eigenvalue weighted by atomic mass is 9.94. The van der Waals surface area contributed by atoms with Crippen LogP contribution in [0.15, 0.2) is 0 Å². The van der Waals surface area contributed by atoms with Crippen LogP contribution in [0.5, 0.6) is 0 Å². The first-order valence-electron chi connectivity index (χ1n) is 6.96. The molecule has 0 spiro atoms. The summed E-state index contributed by atoms with van der Waals surface area (Å²) in [5, 5.41) is 17.2. The molecule has 1 aliphatic rings. The first kappa shape index (κ1) is 14.4. The number of hydrogen-bond donors (Lipinski definition) is 2. The van der Waals surface area contributed by atoms with Gasteiger partial charge in [0.15, 0.2) is 0 Å². The minimum absolute atomic E-state index is 0.162. The van der Waals surface area contributed by atoms with E-state index in [0.717, 1.165) is 42.9 Å². The van der Waals surface area contributed by atoms with Gasteiger partial charge >= 0.3 is 0 Å². The van der Waals surface area contributed by atoms with Gasteiger partial charge in [0, 0.05) is 6.54 Å². The molecule has 1 saturated carbocycles. The van der Waals surface area contributed by atoms with E-state index in [0.29, 0.717) is 17.8 Å². The Hall–Kier alpha value is -1.01. The summed E-state index contributed by atoms with van der Waals surface area (Å²) in [5.41, 5.74) is -0.00762. The molecular formula is C13H21N3O2S. The highest BCUT2D eigenvalue weighted by Gasteiger charge is 2.29. The molecule has 0 unspecified atom stereocenters. The van der Waals surface area contributed by atoms with Gasteiger partial charge in [-0.2, -0.15) is 0 Å². The molecule has 2 rings (SSSR count). The maximum absolute atomic E-state index is 12.1. The third-order valence-electron chi connectivity index (χ3n) is 3.71. The van der Waals surface area contributed by atoms with Crippen molar-refractivity contribution in [1.82, 2.24) is 14.9 Å². The summed E-state index contributed by atoms with van der Waals surface area (Å²) in [6, 6.07) is 0. The minimum Gasteiger partial charge on any atom is -0.388 e. The Balaban J connectivity index is 1.92. The maximum atomic E-state index is 12.1. The number of rotatable bonds is 4. The molecule has 106 valence electrons. The first-order valence-corrected chi connectivity index (χ1v) is 7.74. The summed E-state index contributed by atoms with van der Waals surface area (Å²) >= 11 is 1.12. The van der Waals surface area contributed by atoms with Gasteiger partial charge in [-0.3, -0.25) is 4.79 Å². The number of aryl methyl sites for hydroxylation is 1. The fraction of sp³-hybridized carbons (Fsp3) is 0.769. The van der Waals surface area contributed by atoms with E-state index in [1.165, 1.54) is 12.8 Å². The second-order valence-corrected chi connectivity index (χ2v) is 5.98. The van der Waals surface area contributed by atoms with Crippen LogP contribution in [0.3, 0.4) is 0 Å². The zero-order valence-corrected chi connectivity index (χ0v) is 12.1. The zero-order valence-electron chi connectivity index (χ0n) is 11.3. The van der Waals surface area contributed by atoms with Crippen LogP contribution in [0, 0.1) is 0 Å². The number of aliphatic hydroxyl groups is 1. The largest absolute Gasteiger partial charge is 0.388 e. The van der Waals surface area contributed by atoms with Gasteiger partial charge in [0.1, 0.15) is 4.88 Å². The number of amides is 1. The summed E-state index contributed by atoms with van der Waals surface area (Å²) in [6.45, 7) is 2.28. The van der Waals surface area contributed by atoms with Gasteiger partial charge in [0.2, 0.25) is 0 Å². The molecule has 0 radical (unpaired) electrons. The first-order chi connectivity index (χ1) is 9.14. The van der Waals surface area contributed by atoms with Crippen molar-refractivity contribution < 1.29 is 9.90 Å². The zero-order chi connectivity index (χ0) is 13.7. The summed E-state index contributed by atoms with van der Waals surface area (Å²) in [4.78, 5) is 12.6. The number of nitrogens with zero attached hydrogens (tertiary/aromatic N) is 2. The number of nitrogens with one attached hydrogen (secondary N) is 1. The predicted octanol–water partition coefficient (Wildman–Crippen LogP) is 1.92. The average molecular weight is 283 g/mol. The second kappa shape index (κ2) is 6.43. The molecule has 1 aliphatic carbocycles. The predicted molar refractivity (Wildman–Crippen MR) is 74.3 cm³/mol. The molecule has 0 bridgehead atoms. The van der Waals surface area contributed by atoms with Crippen LogP contribution in [-0.4, -0.2) is 32.7 Å². The van der Waals surface area contributed by atoms with Crippen LogP contribution in [-0.2, 0) is 6.42 Å². The number of aromatic nitrogens is 2. The molecule has 1 heterocycles. The molecule has 2 N–H and O–H groups in total. The van der Waals surface area contributed by atoms with E-state index < -0.39 is 5.60 Å². The number of carbonyl (C=O) groups is 1. The van der Waals surface area contributed by atoms with Crippen molar-refractivity contribution in [2.24, 2.45) is 0 Å². The molecule has 1 aromatic heterocycles. The molecule has 0 atom stereocenters. The van der Waals surface area contributed by atoms with Crippen LogP contribution in [0.25, 0.3) is 0 Å². The van der Waals surface area contributed by atoms with Crippen LogP contribution in [0.2, 0.25) is 0 Å². The van der Waals surface area contributed by atoms with E-state index in [1.54, 1.807) is 0 Å². The van der Waals surface area contributed by atoms with Gasteiger partial charge in [0.05, 0.1) is 11.3 Å². The van der Waals surface area contributed by atoms with Crippen molar-refractivity contribution in [1.29, 1.82) is 0 Å². The minimum atomic E-state index is -0.739. The Morgan fingerprint density at radius 2 is 2.05 bits per heavy atom. The van der Waals surface area contributed by atoms with Crippen LogP contribution in [0.4, 0.5) is 0 Å². The molecule has 1 amide bonds. The van der Waals surface area contributed by atoms with Gasteiger partial charge in [-0.1, -0.05) is 37.1 Å². The Labute approximate surface area is 117 Å². The van der Waals surface area contributed by atoms with E-state index >= 15 is 0 Å². The highest BCUT2D eigenvalue weighted by Crippen LogP contribution is 2.26. The highest BCUT2D eigenvalue weighted by molar-refractivity contribution is 7.08. The van der Waals surface area contributed by atoms with Crippen LogP contribution < -0.4 is 5.32 Å². The molecule has 6 heteroatoms. The summed E-state index contributed by atoms with van der Waals surface area (Å²) in [6.07, 6.45) is 6.67. The van der Waals surface area contributed by atoms with Gasteiger partial charge in [-0.05, 0) is 30.8 Å². The van der Waals surface area contributed by atoms with Gasteiger partial charge in [-0.25, -0.2) is 0 Å². The van der Waals surface area contributed by atoms with Crippen LogP contribution >= 0.6 is 11.5 Å². The SMILES string of the molecule is CCc1nnsc1C(=O)NCC1(O)CCCCCC1. The second-order valence-electron chi connectivity index (χ2n) is 5.22. The third kappa shape index (κ3) is 3.73. The summed E-state index contributed by atoms with van der Waals surface area (Å²) in [7, 11) is 0. The van der Waals surface area contributed by atoms with E-state index in [4.69, 9.17) is 0 Å². The Bertz CT molecular complexity index is 425. The van der Waals surface area contributed by atoms with Crippen molar-refractivity contribution in [3.05, 3.63) is 10.6 Å². The van der Waals surface area contributed by atoms with Crippen LogP contribution in [0.1, 0.15) is 60.8 Å². The summed E-state index contributed by atoms with van der Waals surface area (Å²) in [5.74, 6) is -0.162.